The fourth-order valence-electron chi connectivity index (χ4n) is 2.68. The minimum absolute atomic E-state index is 0.105. The second-order valence-electron chi connectivity index (χ2n) is 4.48. The van der Waals surface area contributed by atoms with Gasteiger partial charge in [-0.2, -0.15) is 0 Å². The Balaban J connectivity index is 2.61. The predicted molar refractivity (Wildman–Crippen MR) is 69.4 cm³/mol. The van der Waals surface area contributed by atoms with Gasteiger partial charge in [0.15, 0.2) is 5.78 Å². The number of benzene rings is 1. The van der Waals surface area contributed by atoms with Gasteiger partial charge in [0.25, 0.3) is 0 Å². The van der Waals surface area contributed by atoms with Crippen molar-refractivity contribution < 1.29 is 4.79 Å². The highest BCUT2D eigenvalue weighted by Gasteiger charge is 2.17. The average molecular weight is 226 g/mol. The summed E-state index contributed by atoms with van der Waals surface area (Å²) in [7, 11) is 3.93. The van der Waals surface area contributed by atoms with Crippen LogP contribution in [0.4, 0.5) is 0 Å². The Bertz CT molecular complexity index is 746. The SMILES string of the molecule is CC(=O)c1c2c(cn1C)c1ccccc1n2C. The number of Topliss-reactive ketones (excluding diaryl/α,β-unsaturated/α-hetero) is 1. The van der Waals surface area contributed by atoms with Crippen molar-refractivity contribution in [3.63, 3.8) is 0 Å². The van der Waals surface area contributed by atoms with Gasteiger partial charge >= 0.3 is 0 Å². The van der Waals surface area contributed by atoms with Gasteiger partial charge in [0, 0.05) is 43.5 Å². The highest BCUT2D eigenvalue weighted by Crippen LogP contribution is 2.31. The van der Waals surface area contributed by atoms with Gasteiger partial charge in [-0.1, -0.05) is 18.2 Å². The zero-order valence-electron chi connectivity index (χ0n) is 10.2. The molecule has 0 amide bonds. The molecule has 0 fully saturated rings. The molecule has 0 bridgehead atoms. The molecule has 0 aliphatic carbocycles. The minimum atomic E-state index is 0.105. The minimum Gasteiger partial charge on any atom is -0.346 e. The van der Waals surface area contributed by atoms with Crippen molar-refractivity contribution in [1.29, 1.82) is 0 Å². The molecule has 0 aliphatic heterocycles. The van der Waals surface area contributed by atoms with E-state index in [4.69, 9.17) is 0 Å². The third-order valence-corrected chi connectivity index (χ3v) is 3.38. The highest BCUT2D eigenvalue weighted by atomic mass is 16.1. The third kappa shape index (κ3) is 1.19. The molecule has 2 aromatic heterocycles. The number of carbonyl (C=O) groups is 1. The summed E-state index contributed by atoms with van der Waals surface area (Å²) >= 11 is 0. The maximum Gasteiger partial charge on any atom is 0.178 e. The van der Waals surface area contributed by atoms with Crippen LogP contribution >= 0.6 is 0 Å². The van der Waals surface area contributed by atoms with Crippen LogP contribution in [0.1, 0.15) is 17.4 Å². The van der Waals surface area contributed by atoms with E-state index in [1.165, 1.54) is 10.9 Å². The van der Waals surface area contributed by atoms with Crippen LogP contribution in [0.2, 0.25) is 0 Å². The van der Waals surface area contributed by atoms with Crippen molar-refractivity contribution in [3.05, 3.63) is 36.2 Å². The number of rotatable bonds is 1. The summed E-state index contributed by atoms with van der Waals surface area (Å²) in [4.78, 5) is 11.7. The van der Waals surface area contributed by atoms with E-state index in [0.717, 1.165) is 16.6 Å². The molecule has 17 heavy (non-hydrogen) atoms. The number of para-hydroxylation sites is 1. The van der Waals surface area contributed by atoms with Gasteiger partial charge in [-0.05, 0) is 6.07 Å². The lowest BCUT2D eigenvalue weighted by atomic mass is 10.2. The van der Waals surface area contributed by atoms with Crippen LogP contribution in [-0.4, -0.2) is 14.9 Å². The lowest BCUT2D eigenvalue weighted by Crippen LogP contribution is -2.03. The summed E-state index contributed by atoms with van der Waals surface area (Å²) in [6, 6.07) is 8.23. The Hall–Kier alpha value is -2.03. The van der Waals surface area contributed by atoms with Gasteiger partial charge in [-0.15, -0.1) is 0 Å². The molecular weight excluding hydrogens is 212 g/mol. The van der Waals surface area contributed by atoms with Crippen LogP contribution < -0.4 is 0 Å². The van der Waals surface area contributed by atoms with Gasteiger partial charge < -0.3 is 9.13 Å². The first kappa shape index (κ1) is 10.1. The maximum atomic E-state index is 11.7. The summed E-state index contributed by atoms with van der Waals surface area (Å²) in [5, 5.41) is 2.35. The lowest BCUT2D eigenvalue weighted by molar-refractivity contribution is 0.101. The van der Waals surface area contributed by atoms with Gasteiger partial charge in [0.05, 0.1) is 5.52 Å². The first-order chi connectivity index (χ1) is 8.11. The summed E-state index contributed by atoms with van der Waals surface area (Å²) in [5.41, 5.74) is 2.97. The maximum absolute atomic E-state index is 11.7. The Morgan fingerprint density at radius 3 is 2.53 bits per heavy atom. The van der Waals surface area contributed by atoms with Crippen molar-refractivity contribution in [3.8, 4) is 0 Å². The van der Waals surface area contributed by atoms with Gasteiger partial charge in [-0.3, -0.25) is 4.79 Å². The van der Waals surface area contributed by atoms with Crippen molar-refractivity contribution in [2.75, 3.05) is 0 Å². The summed E-state index contributed by atoms with van der Waals surface area (Å²) < 4.78 is 4.01. The summed E-state index contributed by atoms with van der Waals surface area (Å²) in [6.45, 7) is 1.62. The van der Waals surface area contributed by atoms with Crippen molar-refractivity contribution >= 4 is 27.6 Å². The fraction of sp³-hybridized carbons (Fsp3) is 0.214. The van der Waals surface area contributed by atoms with Gasteiger partial charge in [-0.25, -0.2) is 0 Å². The zero-order valence-corrected chi connectivity index (χ0v) is 10.2. The molecule has 3 aromatic rings. The second-order valence-corrected chi connectivity index (χ2v) is 4.48. The summed E-state index contributed by atoms with van der Waals surface area (Å²) in [5.74, 6) is 0.105. The molecule has 0 spiro atoms. The van der Waals surface area contributed by atoms with Crippen LogP contribution in [0.25, 0.3) is 21.8 Å². The molecule has 3 rings (SSSR count). The van der Waals surface area contributed by atoms with E-state index in [2.05, 4.69) is 16.7 Å². The first-order valence-corrected chi connectivity index (χ1v) is 5.64. The number of carbonyl (C=O) groups excluding carboxylic acids is 1. The van der Waals surface area contributed by atoms with Crippen molar-refractivity contribution in [1.82, 2.24) is 9.13 Å². The number of aromatic nitrogens is 2. The lowest BCUT2D eigenvalue weighted by Gasteiger charge is -2.02. The van der Waals surface area contributed by atoms with Gasteiger partial charge in [0.2, 0.25) is 0 Å². The van der Waals surface area contributed by atoms with Crippen LogP contribution in [0.3, 0.4) is 0 Å². The van der Waals surface area contributed by atoms with E-state index in [-0.39, 0.29) is 5.78 Å². The molecule has 2 heterocycles. The standard InChI is InChI=1S/C14H14N2O/c1-9(17)13-14-11(8-15(13)2)10-6-4-5-7-12(10)16(14)3/h4-8H,1-3H3. The van der Waals surface area contributed by atoms with Crippen LogP contribution in [0.15, 0.2) is 30.5 Å². The van der Waals surface area contributed by atoms with E-state index in [1.807, 2.05) is 37.0 Å². The molecule has 0 N–H and O–H groups in total. The number of fused-ring (bicyclic) bond motifs is 3. The second kappa shape index (κ2) is 3.23. The molecule has 3 nitrogen and oxygen atoms in total. The molecule has 3 heteroatoms. The van der Waals surface area contributed by atoms with E-state index in [0.29, 0.717) is 0 Å². The van der Waals surface area contributed by atoms with Gasteiger partial charge in [0.1, 0.15) is 5.69 Å². The molecule has 0 radical (unpaired) electrons. The Kier molecular flexibility index (Phi) is 1.93. The van der Waals surface area contributed by atoms with Crippen LogP contribution in [-0.2, 0) is 14.1 Å². The largest absolute Gasteiger partial charge is 0.346 e. The van der Waals surface area contributed by atoms with Crippen molar-refractivity contribution in [2.24, 2.45) is 14.1 Å². The fourth-order valence-corrected chi connectivity index (χ4v) is 2.68. The average Bonchev–Trinajstić information content (AvgIpc) is 2.76. The Labute approximate surface area is 99.3 Å². The number of nitrogens with zero attached hydrogens (tertiary/aromatic N) is 2. The van der Waals surface area contributed by atoms with Crippen molar-refractivity contribution in [2.45, 2.75) is 6.92 Å². The monoisotopic (exact) mass is 226 g/mol. The molecule has 1 aromatic carbocycles. The third-order valence-electron chi connectivity index (χ3n) is 3.38. The normalized spacial score (nSPS) is 11.5. The first-order valence-electron chi connectivity index (χ1n) is 5.64. The number of ketones is 1. The van der Waals surface area contributed by atoms with E-state index in [1.54, 1.807) is 6.92 Å². The molecule has 0 saturated carbocycles. The molecular formula is C14H14N2O. The Morgan fingerprint density at radius 1 is 1.12 bits per heavy atom. The Morgan fingerprint density at radius 2 is 1.82 bits per heavy atom. The zero-order chi connectivity index (χ0) is 12.2. The number of aryl methyl sites for hydroxylation is 2. The highest BCUT2D eigenvalue weighted by molar-refractivity contribution is 6.15. The quantitative estimate of drug-likeness (QED) is 0.586. The molecule has 0 atom stereocenters. The topological polar surface area (TPSA) is 26.9 Å². The van der Waals surface area contributed by atoms with E-state index in [9.17, 15) is 4.79 Å². The van der Waals surface area contributed by atoms with Crippen LogP contribution in [0, 0.1) is 0 Å². The van der Waals surface area contributed by atoms with E-state index < -0.39 is 0 Å². The van der Waals surface area contributed by atoms with E-state index >= 15 is 0 Å². The van der Waals surface area contributed by atoms with Crippen LogP contribution in [0.5, 0.6) is 0 Å². The molecule has 0 unspecified atom stereocenters. The summed E-state index contributed by atoms with van der Waals surface area (Å²) in [6.07, 6.45) is 2.04. The number of hydrogen-bond donors (Lipinski definition) is 0. The smallest absolute Gasteiger partial charge is 0.178 e. The molecule has 0 aliphatic rings. The predicted octanol–water partition coefficient (Wildman–Crippen LogP) is 2.87. The molecule has 0 saturated heterocycles. The number of hydrogen-bond acceptors (Lipinski definition) is 1. The molecule has 86 valence electrons.